The molecule has 0 saturated carbocycles. The second-order valence-corrected chi connectivity index (χ2v) is 5.44. The molecule has 0 bridgehead atoms. The number of nitrogens with one attached hydrogen (secondary N) is 1. The van der Waals surface area contributed by atoms with Crippen LogP contribution in [0.1, 0.15) is 36.1 Å². The number of rotatable bonds is 5. The fourth-order valence-corrected chi connectivity index (χ4v) is 2.74. The lowest BCUT2D eigenvalue weighted by Gasteiger charge is -2.20. The Morgan fingerprint density at radius 3 is 2.63 bits per heavy atom. The zero-order chi connectivity index (χ0) is 13.7. The standard InChI is InChI=1S/C15H18BrN3/c1-3-6-19-15(12-8-17-10-18-9-12)13-5-4-11(2)7-14(13)16/h4-5,7-10,15,19H,3,6H2,1-2H3. The summed E-state index contributed by atoms with van der Waals surface area (Å²) in [6, 6.07) is 6.54. The molecule has 0 aliphatic rings. The highest BCUT2D eigenvalue weighted by molar-refractivity contribution is 9.10. The highest BCUT2D eigenvalue weighted by Crippen LogP contribution is 2.28. The Balaban J connectivity index is 2.37. The van der Waals surface area contributed by atoms with Crippen molar-refractivity contribution in [2.75, 3.05) is 6.54 Å². The van der Waals surface area contributed by atoms with Crippen molar-refractivity contribution in [1.29, 1.82) is 0 Å². The third-order valence-electron chi connectivity index (χ3n) is 2.98. The summed E-state index contributed by atoms with van der Waals surface area (Å²) in [7, 11) is 0. The van der Waals surface area contributed by atoms with Crippen molar-refractivity contribution in [3.63, 3.8) is 0 Å². The third kappa shape index (κ3) is 3.61. The summed E-state index contributed by atoms with van der Waals surface area (Å²) in [6.07, 6.45) is 6.39. The van der Waals surface area contributed by atoms with Gasteiger partial charge in [0.25, 0.3) is 0 Å². The maximum atomic E-state index is 4.12. The molecule has 0 aliphatic heterocycles. The lowest BCUT2D eigenvalue weighted by atomic mass is 10.00. The largest absolute Gasteiger partial charge is 0.306 e. The van der Waals surface area contributed by atoms with Gasteiger partial charge in [0.1, 0.15) is 6.33 Å². The molecule has 1 unspecified atom stereocenters. The first-order valence-electron chi connectivity index (χ1n) is 6.46. The van der Waals surface area contributed by atoms with E-state index < -0.39 is 0 Å². The van der Waals surface area contributed by atoms with Crippen LogP contribution < -0.4 is 5.32 Å². The molecule has 0 radical (unpaired) electrons. The number of aromatic nitrogens is 2. The van der Waals surface area contributed by atoms with Gasteiger partial charge >= 0.3 is 0 Å². The molecule has 0 amide bonds. The Morgan fingerprint density at radius 2 is 2.00 bits per heavy atom. The van der Waals surface area contributed by atoms with Crippen LogP contribution in [0.4, 0.5) is 0 Å². The molecule has 1 N–H and O–H groups in total. The molecule has 4 heteroatoms. The van der Waals surface area contributed by atoms with Crippen molar-refractivity contribution < 1.29 is 0 Å². The first-order chi connectivity index (χ1) is 9.22. The molecule has 3 nitrogen and oxygen atoms in total. The molecule has 1 aromatic carbocycles. The summed E-state index contributed by atoms with van der Waals surface area (Å²) in [5.74, 6) is 0. The van der Waals surface area contributed by atoms with Gasteiger partial charge in [0.2, 0.25) is 0 Å². The molecule has 0 spiro atoms. The van der Waals surface area contributed by atoms with E-state index in [0.717, 1.165) is 23.0 Å². The minimum Gasteiger partial charge on any atom is -0.306 e. The normalized spacial score (nSPS) is 12.4. The van der Waals surface area contributed by atoms with Crippen LogP contribution in [0.3, 0.4) is 0 Å². The number of halogens is 1. The number of aryl methyl sites for hydroxylation is 1. The summed E-state index contributed by atoms with van der Waals surface area (Å²) in [5.41, 5.74) is 3.54. The highest BCUT2D eigenvalue weighted by Gasteiger charge is 2.16. The fourth-order valence-electron chi connectivity index (χ4n) is 2.02. The molecule has 1 atom stereocenters. The lowest BCUT2D eigenvalue weighted by Crippen LogP contribution is -2.23. The van der Waals surface area contributed by atoms with E-state index in [4.69, 9.17) is 0 Å². The summed E-state index contributed by atoms with van der Waals surface area (Å²) < 4.78 is 1.12. The van der Waals surface area contributed by atoms with Gasteiger partial charge in [0.15, 0.2) is 0 Å². The fraction of sp³-hybridized carbons (Fsp3) is 0.333. The van der Waals surface area contributed by atoms with Gasteiger partial charge in [-0.15, -0.1) is 0 Å². The van der Waals surface area contributed by atoms with Gasteiger partial charge in [-0.2, -0.15) is 0 Å². The van der Waals surface area contributed by atoms with E-state index in [1.807, 2.05) is 12.4 Å². The Kier molecular flexibility index (Phi) is 5.05. The van der Waals surface area contributed by atoms with Gasteiger partial charge < -0.3 is 5.32 Å². The molecule has 2 aromatic rings. The van der Waals surface area contributed by atoms with Crippen LogP contribution in [0.15, 0.2) is 41.4 Å². The van der Waals surface area contributed by atoms with Crippen molar-refractivity contribution >= 4 is 15.9 Å². The molecule has 1 aromatic heterocycles. The van der Waals surface area contributed by atoms with Gasteiger partial charge in [0, 0.05) is 22.4 Å². The van der Waals surface area contributed by atoms with Gasteiger partial charge in [0.05, 0.1) is 6.04 Å². The molecule has 2 rings (SSSR count). The first-order valence-corrected chi connectivity index (χ1v) is 7.26. The third-order valence-corrected chi connectivity index (χ3v) is 3.67. The minimum atomic E-state index is 0.121. The van der Waals surface area contributed by atoms with Crippen molar-refractivity contribution in [3.05, 3.63) is 58.1 Å². The maximum Gasteiger partial charge on any atom is 0.115 e. The molecule has 100 valence electrons. The predicted octanol–water partition coefficient (Wildman–Crippen LogP) is 3.64. The van der Waals surface area contributed by atoms with Crippen LogP contribution in [0, 0.1) is 6.92 Å². The average molecular weight is 320 g/mol. The molecule has 0 aliphatic carbocycles. The van der Waals surface area contributed by atoms with Crippen molar-refractivity contribution in [2.24, 2.45) is 0 Å². The smallest absolute Gasteiger partial charge is 0.115 e. The molecular weight excluding hydrogens is 302 g/mol. The number of hydrogen-bond acceptors (Lipinski definition) is 3. The molecule has 0 saturated heterocycles. The Labute approximate surface area is 122 Å². The summed E-state index contributed by atoms with van der Waals surface area (Å²) in [4.78, 5) is 8.24. The SMILES string of the molecule is CCCNC(c1cncnc1)c1ccc(C)cc1Br. The van der Waals surface area contributed by atoms with E-state index in [-0.39, 0.29) is 6.04 Å². The summed E-state index contributed by atoms with van der Waals surface area (Å²) >= 11 is 3.66. The number of nitrogens with zero attached hydrogens (tertiary/aromatic N) is 2. The van der Waals surface area contributed by atoms with E-state index >= 15 is 0 Å². The molecule has 0 fully saturated rings. The van der Waals surface area contributed by atoms with Crippen LogP contribution >= 0.6 is 15.9 Å². The minimum absolute atomic E-state index is 0.121. The van der Waals surface area contributed by atoms with Crippen LogP contribution in [0.5, 0.6) is 0 Å². The van der Waals surface area contributed by atoms with E-state index in [0.29, 0.717) is 0 Å². The predicted molar refractivity (Wildman–Crippen MR) is 81.0 cm³/mol. The summed E-state index contributed by atoms with van der Waals surface area (Å²) in [5, 5.41) is 3.55. The summed E-state index contributed by atoms with van der Waals surface area (Å²) in [6.45, 7) is 5.21. The van der Waals surface area contributed by atoms with E-state index in [1.165, 1.54) is 11.1 Å². The second kappa shape index (κ2) is 6.78. The van der Waals surface area contributed by atoms with Crippen LogP contribution in [0.25, 0.3) is 0 Å². The highest BCUT2D eigenvalue weighted by atomic mass is 79.9. The van der Waals surface area contributed by atoms with Crippen molar-refractivity contribution in [2.45, 2.75) is 26.3 Å². The van der Waals surface area contributed by atoms with E-state index in [1.54, 1.807) is 6.33 Å². The van der Waals surface area contributed by atoms with Gasteiger partial charge in [-0.1, -0.05) is 35.0 Å². The number of hydrogen-bond donors (Lipinski definition) is 1. The van der Waals surface area contributed by atoms with Gasteiger partial charge in [-0.05, 0) is 37.1 Å². The van der Waals surface area contributed by atoms with Crippen molar-refractivity contribution in [1.82, 2.24) is 15.3 Å². The van der Waals surface area contributed by atoms with Crippen molar-refractivity contribution in [3.8, 4) is 0 Å². The maximum absolute atomic E-state index is 4.12. The Hall–Kier alpha value is -1.26. The van der Waals surface area contributed by atoms with Gasteiger partial charge in [-0.3, -0.25) is 0 Å². The van der Waals surface area contributed by atoms with Gasteiger partial charge in [-0.25, -0.2) is 9.97 Å². The molecule has 1 heterocycles. The lowest BCUT2D eigenvalue weighted by molar-refractivity contribution is 0.593. The van der Waals surface area contributed by atoms with Crippen LogP contribution in [-0.2, 0) is 0 Å². The molecular formula is C15H18BrN3. The number of benzene rings is 1. The topological polar surface area (TPSA) is 37.8 Å². The molecule has 19 heavy (non-hydrogen) atoms. The quantitative estimate of drug-likeness (QED) is 0.914. The second-order valence-electron chi connectivity index (χ2n) is 4.58. The van der Waals surface area contributed by atoms with E-state index in [2.05, 4.69) is 63.3 Å². The Morgan fingerprint density at radius 1 is 1.26 bits per heavy atom. The zero-order valence-electron chi connectivity index (χ0n) is 11.2. The first kappa shape index (κ1) is 14.2. The Bertz CT molecular complexity index is 528. The zero-order valence-corrected chi connectivity index (χ0v) is 12.8. The monoisotopic (exact) mass is 319 g/mol. The van der Waals surface area contributed by atoms with Crippen LogP contribution in [-0.4, -0.2) is 16.5 Å². The van der Waals surface area contributed by atoms with Crippen LogP contribution in [0.2, 0.25) is 0 Å². The van der Waals surface area contributed by atoms with E-state index in [9.17, 15) is 0 Å². The average Bonchev–Trinajstić information content (AvgIpc) is 2.42.